The van der Waals surface area contributed by atoms with Gasteiger partial charge in [-0.25, -0.2) is 0 Å². The van der Waals surface area contributed by atoms with Gasteiger partial charge in [0.15, 0.2) is 0 Å². The molecule has 1 atom stereocenters. The van der Waals surface area contributed by atoms with Crippen molar-refractivity contribution in [2.24, 2.45) is 11.8 Å². The lowest BCUT2D eigenvalue weighted by molar-refractivity contribution is -0.147. The summed E-state index contributed by atoms with van der Waals surface area (Å²) in [6.45, 7) is 4.18. The molecule has 0 bridgehead atoms. The molecule has 1 rings (SSSR count). The van der Waals surface area contributed by atoms with E-state index >= 15 is 0 Å². The van der Waals surface area contributed by atoms with Gasteiger partial charge in [-0.2, -0.15) is 0 Å². The number of esters is 1. The fraction of sp³-hybridized carbons (Fsp3) is 0.529. The second-order valence-corrected chi connectivity index (χ2v) is 5.59. The van der Waals surface area contributed by atoms with Crippen molar-refractivity contribution in [1.82, 2.24) is 0 Å². The Labute approximate surface area is 121 Å². The summed E-state index contributed by atoms with van der Waals surface area (Å²) >= 11 is 0. The minimum Gasteiger partial charge on any atom is -0.469 e. The van der Waals surface area contributed by atoms with Crippen molar-refractivity contribution in [2.45, 2.75) is 39.5 Å². The van der Waals surface area contributed by atoms with Crippen LogP contribution in [0.25, 0.3) is 0 Å². The van der Waals surface area contributed by atoms with E-state index in [4.69, 9.17) is 4.74 Å². The first kappa shape index (κ1) is 16.4. The monoisotopic (exact) mass is 276 g/mol. The fourth-order valence-electron chi connectivity index (χ4n) is 2.13. The number of Topliss-reactive ketones (excluding diaryl/α,β-unsaturated/α-hetero) is 1. The molecular weight excluding hydrogens is 252 g/mol. The van der Waals surface area contributed by atoms with E-state index in [0.29, 0.717) is 18.8 Å². The van der Waals surface area contributed by atoms with E-state index in [9.17, 15) is 9.59 Å². The first-order valence-corrected chi connectivity index (χ1v) is 7.16. The van der Waals surface area contributed by atoms with E-state index in [1.807, 2.05) is 30.3 Å². The molecule has 0 unspecified atom stereocenters. The van der Waals surface area contributed by atoms with Gasteiger partial charge in [-0.05, 0) is 24.3 Å². The number of hydrogen-bond acceptors (Lipinski definition) is 3. The summed E-state index contributed by atoms with van der Waals surface area (Å²) < 4.78 is 4.82. The molecule has 0 spiro atoms. The maximum atomic E-state index is 12.0. The van der Waals surface area contributed by atoms with Crippen molar-refractivity contribution >= 4 is 11.8 Å². The Bertz CT molecular complexity index is 423. The van der Waals surface area contributed by atoms with Crippen molar-refractivity contribution < 1.29 is 14.3 Å². The summed E-state index contributed by atoms with van der Waals surface area (Å²) in [7, 11) is 1.37. The maximum absolute atomic E-state index is 12.0. The molecule has 20 heavy (non-hydrogen) atoms. The first-order valence-electron chi connectivity index (χ1n) is 7.16. The van der Waals surface area contributed by atoms with E-state index in [1.165, 1.54) is 7.11 Å². The second-order valence-electron chi connectivity index (χ2n) is 5.59. The van der Waals surface area contributed by atoms with Crippen LogP contribution in [0.4, 0.5) is 0 Å². The number of rotatable bonds is 8. The van der Waals surface area contributed by atoms with Crippen molar-refractivity contribution in [2.75, 3.05) is 7.11 Å². The quantitative estimate of drug-likeness (QED) is 0.683. The number of ether oxygens (including phenoxy) is 1. The van der Waals surface area contributed by atoms with E-state index in [-0.39, 0.29) is 24.1 Å². The number of hydrogen-bond donors (Lipinski definition) is 0. The molecule has 0 radical (unpaired) electrons. The van der Waals surface area contributed by atoms with Crippen LogP contribution in [-0.2, 0) is 20.7 Å². The van der Waals surface area contributed by atoms with Gasteiger partial charge >= 0.3 is 5.97 Å². The van der Waals surface area contributed by atoms with Crippen LogP contribution >= 0.6 is 0 Å². The van der Waals surface area contributed by atoms with Crippen LogP contribution in [0.5, 0.6) is 0 Å². The van der Waals surface area contributed by atoms with Gasteiger partial charge in [0, 0.05) is 12.8 Å². The highest BCUT2D eigenvalue weighted by atomic mass is 16.5. The third-order valence-electron chi connectivity index (χ3n) is 3.33. The predicted octanol–water partition coefficient (Wildman–Crippen LogP) is 3.41. The third kappa shape index (κ3) is 6.00. The van der Waals surface area contributed by atoms with Crippen LogP contribution in [0.2, 0.25) is 0 Å². The number of carbonyl (C=O) groups is 2. The highest BCUT2D eigenvalue weighted by molar-refractivity contribution is 5.84. The molecule has 0 aromatic heterocycles. The average molecular weight is 276 g/mol. The van der Waals surface area contributed by atoms with Crippen LogP contribution in [0.3, 0.4) is 0 Å². The van der Waals surface area contributed by atoms with Crippen LogP contribution in [0, 0.1) is 11.8 Å². The molecule has 0 fully saturated rings. The molecule has 0 heterocycles. The Kier molecular flexibility index (Phi) is 6.99. The van der Waals surface area contributed by atoms with Crippen molar-refractivity contribution in [1.29, 1.82) is 0 Å². The molecule has 0 saturated carbocycles. The molecule has 0 N–H and O–H groups in total. The van der Waals surface area contributed by atoms with Crippen LogP contribution < -0.4 is 0 Å². The zero-order valence-electron chi connectivity index (χ0n) is 12.6. The Morgan fingerprint density at radius 3 is 2.35 bits per heavy atom. The van der Waals surface area contributed by atoms with Crippen molar-refractivity contribution in [3.63, 3.8) is 0 Å². The van der Waals surface area contributed by atoms with Crippen LogP contribution in [-0.4, -0.2) is 18.9 Å². The summed E-state index contributed by atoms with van der Waals surface area (Å²) in [4.78, 5) is 23.8. The lowest BCUT2D eigenvalue weighted by atomic mass is 9.92. The summed E-state index contributed by atoms with van der Waals surface area (Å²) in [5.74, 6) is -0.0245. The van der Waals surface area contributed by atoms with Gasteiger partial charge in [-0.15, -0.1) is 0 Å². The van der Waals surface area contributed by atoms with Crippen LogP contribution in [0.15, 0.2) is 30.3 Å². The fourth-order valence-corrected chi connectivity index (χ4v) is 2.13. The van der Waals surface area contributed by atoms with Gasteiger partial charge < -0.3 is 4.74 Å². The average Bonchev–Trinajstić information content (AvgIpc) is 2.44. The molecule has 110 valence electrons. The highest BCUT2D eigenvalue weighted by Gasteiger charge is 2.22. The van der Waals surface area contributed by atoms with Gasteiger partial charge in [-0.1, -0.05) is 44.2 Å². The highest BCUT2D eigenvalue weighted by Crippen LogP contribution is 2.17. The topological polar surface area (TPSA) is 43.4 Å². The molecule has 0 aliphatic heterocycles. The molecule has 3 nitrogen and oxygen atoms in total. The smallest absolute Gasteiger partial charge is 0.309 e. The summed E-state index contributed by atoms with van der Waals surface area (Å²) in [6.07, 6.45) is 2.24. The number of methoxy groups -OCH3 is 1. The van der Waals surface area contributed by atoms with Gasteiger partial charge in [0.05, 0.1) is 13.0 Å². The number of carbonyl (C=O) groups excluding carboxylic acids is 2. The molecule has 0 saturated heterocycles. The summed E-state index contributed by atoms with van der Waals surface area (Å²) in [5.41, 5.74) is 1.06. The molecule has 0 aliphatic carbocycles. The maximum Gasteiger partial charge on any atom is 0.309 e. The van der Waals surface area contributed by atoms with E-state index in [2.05, 4.69) is 13.8 Å². The SMILES string of the molecule is COC(=O)[C@@H](CC(=O)CCC(C)C)Cc1ccccc1. The molecule has 3 heteroatoms. The minimum atomic E-state index is -0.373. The lowest BCUT2D eigenvalue weighted by Gasteiger charge is -2.14. The zero-order valence-corrected chi connectivity index (χ0v) is 12.6. The Hall–Kier alpha value is -1.64. The van der Waals surface area contributed by atoms with E-state index < -0.39 is 0 Å². The third-order valence-corrected chi connectivity index (χ3v) is 3.33. The first-order chi connectivity index (χ1) is 9.52. The number of ketones is 1. The molecule has 1 aromatic rings. The van der Waals surface area contributed by atoms with E-state index in [0.717, 1.165) is 12.0 Å². The molecule has 0 aliphatic rings. The zero-order chi connectivity index (χ0) is 15.0. The van der Waals surface area contributed by atoms with E-state index in [1.54, 1.807) is 0 Å². The van der Waals surface area contributed by atoms with Gasteiger partial charge in [0.1, 0.15) is 5.78 Å². The second kappa shape index (κ2) is 8.51. The minimum absolute atomic E-state index is 0.144. The summed E-state index contributed by atoms with van der Waals surface area (Å²) in [6, 6.07) is 9.74. The van der Waals surface area contributed by atoms with Gasteiger partial charge in [-0.3, -0.25) is 9.59 Å². The standard InChI is InChI=1S/C17H24O3/c1-13(2)9-10-16(18)12-15(17(19)20-3)11-14-7-5-4-6-8-14/h4-8,13,15H,9-12H2,1-3H3/t15-/m1/s1. The Balaban J connectivity index is 2.61. The predicted molar refractivity (Wildman–Crippen MR) is 79.3 cm³/mol. The Morgan fingerprint density at radius 1 is 1.15 bits per heavy atom. The van der Waals surface area contributed by atoms with Crippen molar-refractivity contribution in [3.05, 3.63) is 35.9 Å². The Morgan fingerprint density at radius 2 is 1.80 bits per heavy atom. The molecule has 1 aromatic carbocycles. The van der Waals surface area contributed by atoms with Gasteiger partial charge in [0.2, 0.25) is 0 Å². The van der Waals surface area contributed by atoms with Crippen molar-refractivity contribution in [3.8, 4) is 0 Å². The van der Waals surface area contributed by atoms with Gasteiger partial charge in [0.25, 0.3) is 0 Å². The normalized spacial score (nSPS) is 12.2. The summed E-state index contributed by atoms with van der Waals surface area (Å²) in [5, 5.41) is 0. The lowest BCUT2D eigenvalue weighted by Crippen LogP contribution is -2.22. The number of benzene rings is 1. The molecule has 0 amide bonds. The largest absolute Gasteiger partial charge is 0.469 e. The molecular formula is C17H24O3. The van der Waals surface area contributed by atoms with Crippen LogP contribution in [0.1, 0.15) is 38.7 Å².